The standard InChI is InChI=1S/C13H13Cl2N3O2S/c1-3-20-12(19)10-11(16)17-13(21-2)18(10)9-5-7(14)4-8(15)6-9/h4-6H,3,16H2,1-2H3. The molecular formula is C13H13Cl2N3O2S. The van der Waals surface area contributed by atoms with Gasteiger partial charge in [-0.2, -0.15) is 0 Å². The van der Waals surface area contributed by atoms with Crippen LogP contribution in [0.2, 0.25) is 10.0 Å². The van der Waals surface area contributed by atoms with Gasteiger partial charge in [0, 0.05) is 10.0 Å². The van der Waals surface area contributed by atoms with E-state index in [1.165, 1.54) is 11.8 Å². The van der Waals surface area contributed by atoms with Crippen molar-refractivity contribution in [1.82, 2.24) is 9.55 Å². The quantitative estimate of drug-likeness (QED) is 0.676. The second-order valence-electron chi connectivity index (χ2n) is 4.02. The molecule has 1 aromatic carbocycles. The van der Waals surface area contributed by atoms with Gasteiger partial charge in [0.1, 0.15) is 0 Å². The summed E-state index contributed by atoms with van der Waals surface area (Å²) < 4.78 is 6.63. The van der Waals surface area contributed by atoms with Gasteiger partial charge in [-0.25, -0.2) is 9.78 Å². The van der Waals surface area contributed by atoms with Crippen molar-refractivity contribution in [3.8, 4) is 5.69 Å². The second-order valence-corrected chi connectivity index (χ2v) is 5.66. The van der Waals surface area contributed by atoms with E-state index in [1.54, 1.807) is 29.7 Å². The van der Waals surface area contributed by atoms with Crippen molar-refractivity contribution in [2.45, 2.75) is 12.1 Å². The van der Waals surface area contributed by atoms with Crippen LogP contribution in [0, 0.1) is 0 Å². The van der Waals surface area contributed by atoms with E-state index >= 15 is 0 Å². The normalized spacial score (nSPS) is 10.7. The van der Waals surface area contributed by atoms with Gasteiger partial charge >= 0.3 is 5.97 Å². The number of nitrogen functional groups attached to an aromatic ring is 1. The van der Waals surface area contributed by atoms with Gasteiger partial charge in [0.15, 0.2) is 16.7 Å². The molecule has 2 N–H and O–H groups in total. The third-order valence-corrected chi connectivity index (χ3v) is 3.71. The molecule has 8 heteroatoms. The first kappa shape index (κ1) is 16.0. The van der Waals surface area contributed by atoms with E-state index in [0.29, 0.717) is 20.9 Å². The summed E-state index contributed by atoms with van der Waals surface area (Å²) in [6.07, 6.45) is 1.83. The number of benzene rings is 1. The van der Waals surface area contributed by atoms with Crippen molar-refractivity contribution < 1.29 is 9.53 Å². The lowest BCUT2D eigenvalue weighted by Gasteiger charge is -2.11. The predicted molar refractivity (Wildman–Crippen MR) is 85.7 cm³/mol. The van der Waals surface area contributed by atoms with Crippen LogP contribution in [-0.2, 0) is 4.74 Å². The number of hydrogen-bond acceptors (Lipinski definition) is 5. The van der Waals surface area contributed by atoms with E-state index in [2.05, 4.69) is 4.98 Å². The Balaban J connectivity index is 2.68. The molecule has 0 amide bonds. The maximum atomic E-state index is 12.1. The Morgan fingerprint density at radius 1 is 1.38 bits per heavy atom. The number of nitrogens with two attached hydrogens (primary N) is 1. The lowest BCUT2D eigenvalue weighted by molar-refractivity contribution is 0.0517. The summed E-state index contributed by atoms with van der Waals surface area (Å²) in [6, 6.07) is 4.96. The molecule has 21 heavy (non-hydrogen) atoms. The number of esters is 1. The number of nitrogens with zero attached hydrogens (tertiary/aromatic N) is 2. The van der Waals surface area contributed by atoms with Crippen LogP contribution >= 0.6 is 35.0 Å². The highest BCUT2D eigenvalue weighted by atomic mass is 35.5. The number of imidazole rings is 1. The minimum absolute atomic E-state index is 0.105. The van der Waals surface area contributed by atoms with E-state index in [0.717, 1.165) is 0 Å². The van der Waals surface area contributed by atoms with E-state index in [9.17, 15) is 4.79 Å². The summed E-state index contributed by atoms with van der Waals surface area (Å²) in [5.74, 6) is -0.437. The van der Waals surface area contributed by atoms with Gasteiger partial charge in [0.2, 0.25) is 0 Å². The molecule has 0 aliphatic heterocycles. The number of carbonyl (C=O) groups excluding carboxylic acids is 1. The first-order valence-electron chi connectivity index (χ1n) is 6.03. The topological polar surface area (TPSA) is 70.1 Å². The molecule has 2 aromatic rings. The highest BCUT2D eigenvalue weighted by molar-refractivity contribution is 7.98. The predicted octanol–water partition coefficient (Wildman–Crippen LogP) is 3.66. The number of aromatic nitrogens is 2. The van der Waals surface area contributed by atoms with Crippen LogP contribution in [0.5, 0.6) is 0 Å². The molecule has 0 aliphatic carbocycles. The average molecular weight is 346 g/mol. The first-order chi connectivity index (χ1) is 9.97. The SMILES string of the molecule is CCOC(=O)c1c(N)nc(SC)n1-c1cc(Cl)cc(Cl)c1. The molecule has 0 saturated heterocycles. The summed E-state index contributed by atoms with van der Waals surface area (Å²) in [5.41, 5.74) is 6.62. The van der Waals surface area contributed by atoms with Crippen LogP contribution in [-0.4, -0.2) is 28.4 Å². The van der Waals surface area contributed by atoms with Crippen molar-refractivity contribution in [1.29, 1.82) is 0 Å². The number of halogens is 2. The maximum absolute atomic E-state index is 12.1. The Morgan fingerprint density at radius 2 is 2.00 bits per heavy atom. The van der Waals surface area contributed by atoms with Gasteiger partial charge in [-0.05, 0) is 31.4 Å². The molecule has 112 valence electrons. The van der Waals surface area contributed by atoms with Gasteiger partial charge in [-0.15, -0.1) is 0 Å². The van der Waals surface area contributed by atoms with Crippen LogP contribution in [0.25, 0.3) is 5.69 Å². The molecular weight excluding hydrogens is 333 g/mol. The molecule has 0 atom stereocenters. The molecule has 0 saturated carbocycles. The van der Waals surface area contributed by atoms with Crippen LogP contribution in [0.4, 0.5) is 5.82 Å². The van der Waals surface area contributed by atoms with E-state index < -0.39 is 5.97 Å². The number of thioether (sulfide) groups is 1. The fraction of sp³-hybridized carbons (Fsp3) is 0.231. The molecule has 0 fully saturated rings. The van der Waals surface area contributed by atoms with E-state index in [4.69, 9.17) is 33.7 Å². The van der Waals surface area contributed by atoms with Crippen molar-refractivity contribution in [3.63, 3.8) is 0 Å². The summed E-state index contributed by atoms with van der Waals surface area (Å²) in [6.45, 7) is 1.97. The fourth-order valence-electron chi connectivity index (χ4n) is 1.86. The zero-order valence-electron chi connectivity index (χ0n) is 11.4. The van der Waals surface area contributed by atoms with Gasteiger partial charge < -0.3 is 10.5 Å². The zero-order valence-corrected chi connectivity index (χ0v) is 13.7. The summed E-state index contributed by atoms with van der Waals surface area (Å²) in [4.78, 5) is 16.3. The Kier molecular flexibility index (Phi) is 5.03. The van der Waals surface area contributed by atoms with Crippen molar-refractivity contribution >= 4 is 46.8 Å². The van der Waals surface area contributed by atoms with Crippen LogP contribution in [0.15, 0.2) is 23.4 Å². The van der Waals surface area contributed by atoms with Gasteiger partial charge in [0.25, 0.3) is 0 Å². The lowest BCUT2D eigenvalue weighted by Crippen LogP contribution is -2.13. The number of carbonyl (C=O) groups is 1. The number of ether oxygens (including phenoxy) is 1. The van der Waals surface area contributed by atoms with Crippen molar-refractivity contribution in [2.24, 2.45) is 0 Å². The average Bonchev–Trinajstić information content (AvgIpc) is 2.74. The highest BCUT2D eigenvalue weighted by Crippen LogP contribution is 2.30. The Hall–Kier alpha value is -1.37. The minimum Gasteiger partial charge on any atom is -0.461 e. The maximum Gasteiger partial charge on any atom is 0.359 e. The lowest BCUT2D eigenvalue weighted by atomic mass is 10.3. The molecule has 1 heterocycles. The zero-order chi connectivity index (χ0) is 15.6. The largest absolute Gasteiger partial charge is 0.461 e. The monoisotopic (exact) mass is 345 g/mol. The number of hydrogen-bond donors (Lipinski definition) is 1. The Morgan fingerprint density at radius 3 is 2.52 bits per heavy atom. The van der Waals surface area contributed by atoms with Crippen LogP contribution in [0.1, 0.15) is 17.4 Å². The molecule has 0 aliphatic rings. The summed E-state index contributed by atoms with van der Waals surface area (Å²) >= 11 is 13.4. The Labute approximate surface area is 136 Å². The molecule has 0 radical (unpaired) electrons. The van der Waals surface area contributed by atoms with Gasteiger partial charge in [-0.3, -0.25) is 4.57 Å². The molecule has 2 rings (SSSR count). The summed E-state index contributed by atoms with van der Waals surface area (Å²) in [5, 5.41) is 1.45. The fourth-order valence-corrected chi connectivity index (χ4v) is 2.94. The summed E-state index contributed by atoms with van der Waals surface area (Å²) in [7, 11) is 0. The number of rotatable bonds is 4. The third kappa shape index (κ3) is 3.28. The molecule has 0 unspecified atom stereocenters. The van der Waals surface area contributed by atoms with Gasteiger partial charge in [0.05, 0.1) is 12.3 Å². The Bertz CT molecular complexity index is 668. The molecule has 5 nitrogen and oxygen atoms in total. The van der Waals surface area contributed by atoms with E-state index in [-0.39, 0.29) is 18.1 Å². The third-order valence-electron chi connectivity index (χ3n) is 2.63. The van der Waals surface area contributed by atoms with Crippen molar-refractivity contribution in [3.05, 3.63) is 33.9 Å². The van der Waals surface area contributed by atoms with Gasteiger partial charge in [-0.1, -0.05) is 35.0 Å². The first-order valence-corrected chi connectivity index (χ1v) is 8.01. The second kappa shape index (κ2) is 6.60. The van der Waals surface area contributed by atoms with Crippen molar-refractivity contribution in [2.75, 3.05) is 18.6 Å². The highest BCUT2D eigenvalue weighted by Gasteiger charge is 2.23. The number of anilines is 1. The molecule has 0 bridgehead atoms. The molecule has 0 spiro atoms. The molecule has 1 aromatic heterocycles. The smallest absolute Gasteiger partial charge is 0.359 e. The van der Waals surface area contributed by atoms with Crippen LogP contribution < -0.4 is 5.73 Å². The minimum atomic E-state index is -0.543. The van der Waals surface area contributed by atoms with Crippen LogP contribution in [0.3, 0.4) is 0 Å². The van der Waals surface area contributed by atoms with E-state index in [1.807, 2.05) is 6.26 Å².